The van der Waals surface area contributed by atoms with E-state index in [4.69, 9.17) is 5.11 Å². The van der Waals surface area contributed by atoms with E-state index in [1.54, 1.807) is 13.0 Å². The van der Waals surface area contributed by atoms with Gasteiger partial charge in [-0.15, -0.1) is 0 Å². The summed E-state index contributed by atoms with van der Waals surface area (Å²) in [5, 5.41) is 38.7. The maximum atomic E-state index is 10.4. The van der Waals surface area contributed by atoms with Gasteiger partial charge in [-0.3, -0.25) is 4.79 Å². The quantitative estimate of drug-likeness (QED) is 0.270. The number of aliphatic hydroxyl groups is 3. The summed E-state index contributed by atoms with van der Waals surface area (Å²) in [7, 11) is 0. The van der Waals surface area contributed by atoms with Gasteiger partial charge in [-0.2, -0.15) is 0 Å². The maximum Gasteiger partial charge on any atom is 0.303 e. The van der Waals surface area contributed by atoms with Crippen LogP contribution in [0.3, 0.4) is 0 Å². The minimum absolute atomic E-state index is 0.224. The molecular weight excluding hydrogens is 308 g/mol. The van der Waals surface area contributed by atoms with Crippen molar-refractivity contribution in [1.82, 2.24) is 0 Å². The van der Waals surface area contributed by atoms with Gasteiger partial charge in [0.1, 0.15) is 6.10 Å². The Balaban J connectivity index is 3.86. The molecule has 0 bridgehead atoms. The summed E-state index contributed by atoms with van der Waals surface area (Å²) in [6, 6.07) is 0. The summed E-state index contributed by atoms with van der Waals surface area (Å²) in [6.07, 6.45) is 10.2. The summed E-state index contributed by atoms with van der Waals surface area (Å²) >= 11 is 0. The van der Waals surface area contributed by atoms with E-state index in [0.29, 0.717) is 19.3 Å². The Kier molecular flexibility index (Phi) is 12.9. The minimum Gasteiger partial charge on any atom is -0.481 e. The second-order valence-electron chi connectivity index (χ2n) is 6.91. The van der Waals surface area contributed by atoms with Gasteiger partial charge in [0, 0.05) is 6.42 Å². The van der Waals surface area contributed by atoms with Crippen molar-refractivity contribution in [2.45, 2.75) is 102 Å². The lowest BCUT2D eigenvalue weighted by atomic mass is 9.91. The highest BCUT2D eigenvalue weighted by Gasteiger charge is 2.27. The smallest absolute Gasteiger partial charge is 0.303 e. The Morgan fingerprint density at radius 3 is 2.25 bits per heavy atom. The van der Waals surface area contributed by atoms with Crippen molar-refractivity contribution in [3.8, 4) is 0 Å². The molecule has 5 heteroatoms. The molecule has 0 radical (unpaired) electrons. The molecule has 0 spiro atoms. The van der Waals surface area contributed by atoms with Gasteiger partial charge in [0.2, 0.25) is 0 Å². The zero-order valence-electron chi connectivity index (χ0n) is 15.3. The molecule has 0 heterocycles. The van der Waals surface area contributed by atoms with Crippen molar-refractivity contribution in [3.05, 3.63) is 12.2 Å². The molecule has 0 aromatic heterocycles. The summed E-state index contributed by atoms with van der Waals surface area (Å²) in [6.45, 7) is 3.72. The monoisotopic (exact) mass is 344 g/mol. The van der Waals surface area contributed by atoms with Gasteiger partial charge in [-0.25, -0.2) is 0 Å². The third-order valence-corrected chi connectivity index (χ3v) is 4.33. The van der Waals surface area contributed by atoms with Crippen molar-refractivity contribution in [2.24, 2.45) is 0 Å². The minimum atomic E-state index is -1.16. The van der Waals surface area contributed by atoms with E-state index >= 15 is 0 Å². The molecule has 0 saturated carbocycles. The number of hydrogen-bond acceptors (Lipinski definition) is 4. The molecule has 3 atom stereocenters. The summed E-state index contributed by atoms with van der Waals surface area (Å²) in [4.78, 5) is 10.4. The number of aliphatic hydroxyl groups excluding tert-OH is 2. The molecule has 4 N–H and O–H groups in total. The fourth-order valence-electron chi connectivity index (χ4n) is 2.58. The van der Waals surface area contributed by atoms with Crippen molar-refractivity contribution < 1.29 is 25.2 Å². The van der Waals surface area contributed by atoms with Gasteiger partial charge in [-0.1, -0.05) is 64.0 Å². The Bertz CT molecular complexity index is 352. The highest BCUT2D eigenvalue weighted by Crippen LogP contribution is 2.20. The Morgan fingerprint density at radius 2 is 1.62 bits per heavy atom. The molecule has 0 fully saturated rings. The number of hydrogen-bond donors (Lipinski definition) is 4. The van der Waals surface area contributed by atoms with Gasteiger partial charge < -0.3 is 20.4 Å². The van der Waals surface area contributed by atoms with Crippen molar-refractivity contribution in [1.29, 1.82) is 0 Å². The van der Waals surface area contributed by atoms with Crippen LogP contribution in [0, 0.1) is 0 Å². The number of unbranched alkanes of at least 4 members (excludes halogenated alkanes) is 6. The second kappa shape index (κ2) is 13.4. The average molecular weight is 344 g/mol. The fraction of sp³-hybridized carbons (Fsp3) is 0.842. The lowest BCUT2D eigenvalue weighted by molar-refractivity contribution is -0.137. The van der Waals surface area contributed by atoms with E-state index in [1.807, 2.05) is 0 Å². The molecule has 0 aliphatic carbocycles. The van der Waals surface area contributed by atoms with E-state index in [-0.39, 0.29) is 6.42 Å². The first-order valence-electron chi connectivity index (χ1n) is 9.28. The number of rotatable bonds is 15. The standard InChI is InChI=1S/C19H36O5/c1-3-4-10-15-19(2,24)17(21)14-13-16(20)11-8-6-5-7-9-12-18(22)23/h13-14,16-17,20-21,24H,3-12,15H2,1-2H3,(H,22,23)/b14-13+/t16-,17-,19+/m1/s1. The lowest BCUT2D eigenvalue weighted by Gasteiger charge is -2.27. The summed E-state index contributed by atoms with van der Waals surface area (Å²) in [5.41, 5.74) is -1.16. The van der Waals surface area contributed by atoms with Crippen LogP contribution in [0.4, 0.5) is 0 Å². The molecule has 0 aliphatic rings. The molecule has 0 aromatic rings. The van der Waals surface area contributed by atoms with E-state index in [1.165, 1.54) is 6.08 Å². The first kappa shape index (κ1) is 23.1. The Hall–Kier alpha value is -0.910. The molecule has 0 rings (SSSR count). The molecule has 0 aromatic carbocycles. The number of carbonyl (C=O) groups is 1. The maximum absolute atomic E-state index is 10.4. The van der Waals surface area contributed by atoms with E-state index in [0.717, 1.165) is 44.9 Å². The van der Waals surface area contributed by atoms with Gasteiger partial charge in [-0.05, 0) is 26.2 Å². The van der Waals surface area contributed by atoms with E-state index < -0.39 is 23.8 Å². The Morgan fingerprint density at radius 1 is 1.00 bits per heavy atom. The van der Waals surface area contributed by atoms with Crippen molar-refractivity contribution >= 4 is 5.97 Å². The fourth-order valence-corrected chi connectivity index (χ4v) is 2.58. The van der Waals surface area contributed by atoms with Crippen molar-refractivity contribution in [2.75, 3.05) is 0 Å². The van der Waals surface area contributed by atoms with Crippen LogP contribution >= 0.6 is 0 Å². The third kappa shape index (κ3) is 12.5. The largest absolute Gasteiger partial charge is 0.481 e. The van der Waals surface area contributed by atoms with Gasteiger partial charge >= 0.3 is 5.97 Å². The van der Waals surface area contributed by atoms with Crippen LogP contribution < -0.4 is 0 Å². The first-order valence-corrected chi connectivity index (χ1v) is 9.28. The summed E-state index contributed by atoms with van der Waals surface area (Å²) in [5.74, 6) is -0.750. The van der Waals surface area contributed by atoms with Crippen LogP contribution in [0.25, 0.3) is 0 Å². The number of aliphatic carboxylic acids is 1. The predicted octanol–water partition coefficient (Wildman–Crippen LogP) is 3.41. The highest BCUT2D eigenvalue weighted by atomic mass is 16.4. The zero-order chi connectivity index (χ0) is 18.4. The molecule has 0 unspecified atom stereocenters. The van der Waals surface area contributed by atoms with Crippen LogP contribution in [0.15, 0.2) is 12.2 Å². The highest BCUT2D eigenvalue weighted by molar-refractivity contribution is 5.66. The molecule has 142 valence electrons. The van der Waals surface area contributed by atoms with Gasteiger partial charge in [0.05, 0.1) is 11.7 Å². The average Bonchev–Trinajstić information content (AvgIpc) is 2.51. The van der Waals surface area contributed by atoms with Crippen molar-refractivity contribution in [3.63, 3.8) is 0 Å². The molecule has 5 nitrogen and oxygen atoms in total. The number of carboxylic acid groups (broad SMARTS) is 1. The van der Waals surface area contributed by atoms with Gasteiger partial charge in [0.25, 0.3) is 0 Å². The van der Waals surface area contributed by atoms with Gasteiger partial charge in [0.15, 0.2) is 0 Å². The summed E-state index contributed by atoms with van der Waals surface area (Å²) < 4.78 is 0. The van der Waals surface area contributed by atoms with Crippen LogP contribution in [0.5, 0.6) is 0 Å². The number of carboxylic acids is 1. The van der Waals surface area contributed by atoms with Crippen LogP contribution in [0.1, 0.15) is 84.5 Å². The normalized spacial score (nSPS) is 16.9. The Labute approximate surface area is 146 Å². The predicted molar refractivity (Wildman–Crippen MR) is 95.9 cm³/mol. The SMILES string of the molecule is CCCCC[C@](C)(O)[C@H](O)/C=C/[C@H](O)CCCCCCCC(=O)O. The van der Waals surface area contributed by atoms with E-state index in [9.17, 15) is 20.1 Å². The molecule has 0 amide bonds. The molecule has 0 saturated heterocycles. The van der Waals surface area contributed by atoms with E-state index in [2.05, 4.69) is 6.92 Å². The molecule has 24 heavy (non-hydrogen) atoms. The second-order valence-corrected chi connectivity index (χ2v) is 6.91. The third-order valence-electron chi connectivity index (χ3n) is 4.33. The topological polar surface area (TPSA) is 98.0 Å². The zero-order valence-corrected chi connectivity index (χ0v) is 15.3. The van der Waals surface area contributed by atoms with Crippen LogP contribution in [-0.4, -0.2) is 44.2 Å². The first-order chi connectivity index (χ1) is 11.3. The molecular formula is C19H36O5. The molecule has 0 aliphatic heterocycles. The van der Waals surface area contributed by atoms with Crippen LogP contribution in [-0.2, 0) is 4.79 Å². The van der Waals surface area contributed by atoms with Crippen LogP contribution in [0.2, 0.25) is 0 Å². The lowest BCUT2D eigenvalue weighted by Crippen LogP contribution is -2.38.